The molecule has 1 rings (SSSR count). The largest absolute Gasteiger partial charge is 0.389 e. The third-order valence-corrected chi connectivity index (χ3v) is 2.79. The molecule has 1 aromatic carbocycles. The Kier molecular flexibility index (Phi) is 6.94. The van der Waals surface area contributed by atoms with Crippen LogP contribution in [0.4, 0.5) is 0 Å². The molecule has 0 aliphatic heterocycles. The van der Waals surface area contributed by atoms with Gasteiger partial charge in [-0.2, -0.15) is 0 Å². The Morgan fingerprint density at radius 2 is 1.89 bits per heavy atom. The van der Waals surface area contributed by atoms with E-state index in [2.05, 4.69) is 38.2 Å². The lowest BCUT2D eigenvalue weighted by Gasteiger charge is -2.20. The van der Waals surface area contributed by atoms with E-state index in [1.54, 1.807) is 0 Å². The second kappa shape index (κ2) is 8.25. The van der Waals surface area contributed by atoms with Gasteiger partial charge in [0.25, 0.3) is 0 Å². The zero-order chi connectivity index (χ0) is 13.4. The van der Waals surface area contributed by atoms with Gasteiger partial charge in [-0.25, -0.2) is 0 Å². The summed E-state index contributed by atoms with van der Waals surface area (Å²) in [5, 5.41) is 13.0. The Morgan fingerprint density at radius 3 is 2.44 bits per heavy atom. The molecule has 0 aliphatic rings. The van der Waals surface area contributed by atoms with E-state index in [9.17, 15) is 5.11 Å². The van der Waals surface area contributed by atoms with Gasteiger partial charge in [-0.15, -0.1) is 0 Å². The van der Waals surface area contributed by atoms with Gasteiger partial charge in [-0.3, -0.25) is 0 Å². The standard InChI is InChI=1S/C15H25NO2/c1-4-15(13-8-6-5-7-9-13)18-11-14(17)10-16-12(2)3/h5-9,12,14-17H,4,10-11H2,1-3H3/t14-,15-/m1/s1. The minimum atomic E-state index is -0.454. The molecular weight excluding hydrogens is 226 g/mol. The fourth-order valence-corrected chi connectivity index (χ4v) is 1.78. The van der Waals surface area contributed by atoms with Gasteiger partial charge in [0.05, 0.1) is 18.8 Å². The summed E-state index contributed by atoms with van der Waals surface area (Å²) < 4.78 is 5.78. The first-order valence-electron chi connectivity index (χ1n) is 6.71. The van der Waals surface area contributed by atoms with Crippen LogP contribution in [0.2, 0.25) is 0 Å². The molecule has 102 valence electrons. The van der Waals surface area contributed by atoms with E-state index in [-0.39, 0.29) is 6.10 Å². The number of nitrogens with one attached hydrogen (secondary N) is 1. The van der Waals surface area contributed by atoms with E-state index in [0.717, 1.165) is 6.42 Å². The summed E-state index contributed by atoms with van der Waals surface area (Å²) in [6, 6.07) is 10.5. The molecule has 0 saturated carbocycles. The minimum Gasteiger partial charge on any atom is -0.389 e. The van der Waals surface area contributed by atoms with Crippen molar-refractivity contribution in [3.63, 3.8) is 0 Å². The van der Waals surface area contributed by atoms with Crippen molar-refractivity contribution in [3.8, 4) is 0 Å². The molecule has 0 unspecified atom stereocenters. The van der Waals surface area contributed by atoms with Gasteiger partial charge in [0, 0.05) is 12.6 Å². The highest BCUT2D eigenvalue weighted by Crippen LogP contribution is 2.20. The van der Waals surface area contributed by atoms with Gasteiger partial charge in [0.1, 0.15) is 0 Å². The first-order valence-corrected chi connectivity index (χ1v) is 6.71. The molecule has 0 aromatic heterocycles. The number of rotatable bonds is 8. The highest BCUT2D eigenvalue weighted by Gasteiger charge is 2.12. The smallest absolute Gasteiger partial charge is 0.0898 e. The van der Waals surface area contributed by atoms with Crippen LogP contribution in [0.1, 0.15) is 38.9 Å². The lowest BCUT2D eigenvalue weighted by molar-refractivity contribution is -0.0118. The number of benzene rings is 1. The highest BCUT2D eigenvalue weighted by atomic mass is 16.5. The van der Waals surface area contributed by atoms with Crippen molar-refractivity contribution in [2.75, 3.05) is 13.2 Å². The van der Waals surface area contributed by atoms with Crippen molar-refractivity contribution in [2.45, 2.75) is 45.4 Å². The van der Waals surface area contributed by atoms with E-state index < -0.39 is 6.10 Å². The number of hydrogen-bond acceptors (Lipinski definition) is 3. The average molecular weight is 251 g/mol. The molecule has 0 heterocycles. The van der Waals surface area contributed by atoms with Crippen LogP contribution in [0, 0.1) is 0 Å². The fraction of sp³-hybridized carbons (Fsp3) is 0.600. The topological polar surface area (TPSA) is 41.5 Å². The molecule has 2 atom stereocenters. The van der Waals surface area contributed by atoms with Crippen molar-refractivity contribution in [1.29, 1.82) is 0 Å². The number of ether oxygens (including phenoxy) is 1. The fourth-order valence-electron chi connectivity index (χ4n) is 1.78. The van der Waals surface area contributed by atoms with Gasteiger partial charge < -0.3 is 15.2 Å². The molecule has 0 saturated heterocycles. The average Bonchev–Trinajstić information content (AvgIpc) is 2.38. The van der Waals surface area contributed by atoms with E-state index >= 15 is 0 Å². The molecule has 3 heteroatoms. The normalized spacial score (nSPS) is 14.7. The van der Waals surface area contributed by atoms with Crippen LogP contribution in [-0.2, 0) is 4.74 Å². The van der Waals surface area contributed by atoms with Gasteiger partial charge in [-0.1, -0.05) is 51.1 Å². The summed E-state index contributed by atoms with van der Waals surface area (Å²) in [4.78, 5) is 0. The SMILES string of the molecule is CC[C@@H](OC[C@H](O)CNC(C)C)c1ccccc1. The third-order valence-electron chi connectivity index (χ3n) is 2.79. The predicted octanol–water partition coefficient (Wildman–Crippen LogP) is 2.51. The van der Waals surface area contributed by atoms with Crippen molar-refractivity contribution < 1.29 is 9.84 Å². The van der Waals surface area contributed by atoms with E-state index in [0.29, 0.717) is 19.2 Å². The Hall–Kier alpha value is -0.900. The maximum absolute atomic E-state index is 9.80. The van der Waals surface area contributed by atoms with Gasteiger partial charge in [-0.05, 0) is 12.0 Å². The lowest BCUT2D eigenvalue weighted by atomic mass is 10.1. The summed E-state index contributed by atoms with van der Waals surface area (Å²) in [5.74, 6) is 0. The van der Waals surface area contributed by atoms with Crippen molar-refractivity contribution in [3.05, 3.63) is 35.9 Å². The Balaban J connectivity index is 2.36. The van der Waals surface area contributed by atoms with Crippen LogP contribution in [0.25, 0.3) is 0 Å². The highest BCUT2D eigenvalue weighted by molar-refractivity contribution is 5.17. The summed E-state index contributed by atoms with van der Waals surface area (Å²) in [6.45, 7) is 7.16. The molecule has 1 aromatic rings. The predicted molar refractivity (Wildman–Crippen MR) is 74.6 cm³/mol. The Morgan fingerprint density at radius 1 is 1.22 bits per heavy atom. The molecular formula is C15H25NO2. The lowest BCUT2D eigenvalue weighted by Crippen LogP contribution is -2.34. The van der Waals surface area contributed by atoms with Crippen LogP contribution in [0.15, 0.2) is 30.3 Å². The van der Waals surface area contributed by atoms with E-state index in [1.807, 2.05) is 18.2 Å². The second-order valence-corrected chi connectivity index (χ2v) is 4.86. The van der Waals surface area contributed by atoms with E-state index in [4.69, 9.17) is 4.74 Å². The van der Waals surface area contributed by atoms with E-state index in [1.165, 1.54) is 5.56 Å². The quantitative estimate of drug-likeness (QED) is 0.746. The number of hydrogen-bond donors (Lipinski definition) is 2. The van der Waals surface area contributed by atoms with Crippen LogP contribution in [0.5, 0.6) is 0 Å². The zero-order valence-corrected chi connectivity index (χ0v) is 11.6. The molecule has 0 fully saturated rings. The van der Waals surface area contributed by atoms with Crippen LogP contribution in [0.3, 0.4) is 0 Å². The van der Waals surface area contributed by atoms with Crippen molar-refractivity contribution in [2.24, 2.45) is 0 Å². The van der Waals surface area contributed by atoms with Gasteiger partial charge >= 0.3 is 0 Å². The van der Waals surface area contributed by atoms with Gasteiger partial charge in [0.2, 0.25) is 0 Å². The minimum absolute atomic E-state index is 0.0694. The number of aliphatic hydroxyl groups is 1. The van der Waals surface area contributed by atoms with Crippen LogP contribution < -0.4 is 5.32 Å². The Labute approximate surface area is 110 Å². The maximum atomic E-state index is 9.80. The second-order valence-electron chi connectivity index (χ2n) is 4.86. The van der Waals surface area contributed by atoms with Crippen molar-refractivity contribution in [1.82, 2.24) is 5.32 Å². The molecule has 0 bridgehead atoms. The van der Waals surface area contributed by atoms with Crippen LogP contribution in [-0.4, -0.2) is 30.4 Å². The molecule has 0 amide bonds. The maximum Gasteiger partial charge on any atom is 0.0898 e. The van der Waals surface area contributed by atoms with Crippen molar-refractivity contribution >= 4 is 0 Å². The zero-order valence-electron chi connectivity index (χ0n) is 11.6. The summed E-state index contributed by atoms with van der Waals surface area (Å²) >= 11 is 0. The van der Waals surface area contributed by atoms with Gasteiger partial charge in [0.15, 0.2) is 0 Å². The molecule has 0 radical (unpaired) electrons. The molecule has 0 aliphatic carbocycles. The number of aliphatic hydroxyl groups excluding tert-OH is 1. The molecule has 3 nitrogen and oxygen atoms in total. The molecule has 0 spiro atoms. The monoisotopic (exact) mass is 251 g/mol. The summed E-state index contributed by atoms with van der Waals surface area (Å²) in [6.07, 6.45) is 0.527. The molecule has 18 heavy (non-hydrogen) atoms. The first kappa shape index (κ1) is 15.2. The first-order chi connectivity index (χ1) is 8.63. The Bertz CT molecular complexity index is 314. The summed E-state index contributed by atoms with van der Waals surface area (Å²) in [7, 11) is 0. The molecule has 2 N–H and O–H groups in total. The third kappa shape index (κ3) is 5.63. The van der Waals surface area contributed by atoms with Crippen LogP contribution >= 0.6 is 0 Å². The summed E-state index contributed by atoms with van der Waals surface area (Å²) in [5.41, 5.74) is 1.17.